The summed E-state index contributed by atoms with van der Waals surface area (Å²) in [6.45, 7) is 0.0489. The average molecular weight is 361 g/mol. The molecule has 1 saturated carbocycles. The molecule has 24 heavy (non-hydrogen) atoms. The van der Waals surface area contributed by atoms with Gasteiger partial charge in [-0.3, -0.25) is 14.5 Å². The third-order valence-corrected chi connectivity index (χ3v) is 6.04. The Morgan fingerprint density at radius 1 is 1.12 bits per heavy atom. The van der Waals surface area contributed by atoms with E-state index >= 15 is 0 Å². The number of nitrogens with zero attached hydrogens (tertiary/aromatic N) is 3. The van der Waals surface area contributed by atoms with Gasteiger partial charge >= 0.3 is 17.8 Å². The quantitative estimate of drug-likeness (QED) is 0.620. The third-order valence-electron chi connectivity index (χ3n) is 4.41. The van der Waals surface area contributed by atoms with Crippen molar-refractivity contribution >= 4 is 40.5 Å². The van der Waals surface area contributed by atoms with Gasteiger partial charge < -0.3 is 0 Å². The molecule has 0 bridgehead atoms. The van der Waals surface area contributed by atoms with Gasteiger partial charge in [-0.2, -0.15) is 11.3 Å². The molecule has 3 heterocycles. The van der Waals surface area contributed by atoms with Gasteiger partial charge in [0, 0.05) is 22.4 Å². The monoisotopic (exact) mass is 361 g/mol. The fourth-order valence-electron chi connectivity index (χ4n) is 3.21. The summed E-state index contributed by atoms with van der Waals surface area (Å²) in [6, 6.07) is 1.35. The van der Waals surface area contributed by atoms with Crippen LogP contribution in [0.15, 0.2) is 22.2 Å². The highest BCUT2D eigenvalue weighted by atomic mass is 32.1. The van der Waals surface area contributed by atoms with E-state index in [1.807, 2.05) is 22.2 Å². The van der Waals surface area contributed by atoms with Gasteiger partial charge in [-0.05, 0) is 24.3 Å². The molecule has 0 atom stereocenters. The second-order valence-electron chi connectivity index (χ2n) is 5.94. The number of rotatable bonds is 4. The zero-order valence-electron chi connectivity index (χ0n) is 12.8. The van der Waals surface area contributed by atoms with Crippen molar-refractivity contribution in [3.8, 4) is 10.6 Å². The SMILES string of the molecule is O=C1C(=O)N(C2CCCC2)C(=O)N1Cc1csc(-c2ccsc2)n1. The Hall–Kier alpha value is -2.06. The maximum atomic E-state index is 12.5. The molecular weight excluding hydrogens is 346 g/mol. The largest absolute Gasteiger partial charge is 0.334 e. The third kappa shape index (κ3) is 2.55. The molecule has 4 rings (SSSR count). The predicted octanol–water partition coefficient (Wildman–Crippen LogP) is 3.11. The van der Waals surface area contributed by atoms with E-state index in [1.165, 1.54) is 11.3 Å². The molecule has 2 aromatic heterocycles. The molecule has 2 aromatic rings. The van der Waals surface area contributed by atoms with Crippen LogP contribution in [0.4, 0.5) is 4.79 Å². The van der Waals surface area contributed by atoms with Crippen molar-refractivity contribution in [2.24, 2.45) is 0 Å². The van der Waals surface area contributed by atoms with Crippen molar-refractivity contribution in [3.63, 3.8) is 0 Å². The Labute approximate surface area is 146 Å². The van der Waals surface area contributed by atoms with E-state index < -0.39 is 17.8 Å². The van der Waals surface area contributed by atoms with Gasteiger partial charge in [-0.25, -0.2) is 14.7 Å². The highest BCUT2D eigenvalue weighted by molar-refractivity contribution is 7.14. The molecule has 2 aliphatic rings. The summed E-state index contributed by atoms with van der Waals surface area (Å²) in [5.41, 5.74) is 1.66. The zero-order chi connectivity index (χ0) is 16.7. The topological polar surface area (TPSA) is 70.6 Å². The van der Waals surface area contributed by atoms with Gasteiger partial charge in [-0.1, -0.05) is 12.8 Å². The molecule has 0 spiro atoms. The summed E-state index contributed by atoms with van der Waals surface area (Å²) in [5.74, 6) is -1.43. The van der Waals surface area contributed by atoms with Gasteiger partial charge in [0.1, 0.15) is 5.01 Å². The number of imide groups is 2. The first kappa shape index (κ1) is 15.5. The number of carbonyl (C=O) groups is 3. The standard InChI is InChI=1S/C16H15N3O3S2/c20-14-15(21)19(12-3-1-2-4-12)16(22)18(14)7-11-9-24-13(17-11)10-5-6-23-8-10/h5-6,8-9,12H,1-4,7H2. The van der Waals surface area contributed by atoms with Crippen molar-refractivity contribution in [2.45, 2.75) is 38.3 Å². The van der Waals surface area contributed by atoms with Crippen LogP contribution >= 0.6 is 22.7 Å². The lowest BCUT2D eigenvalue weighted by atomic mass is 10.2. The van der Waals surface area contributed by atoms with Crippen LogP contribution in [-0.2, 0) is 16.1 Å². The maximum Gasteiger partial charge on any atom is 0.334 e. The zero-order valence-corrected chi connectivity index (χ0v) is 14.4. The van der Waals surface area contributed by atoms with Crippen LogP contribution < -0.4 is 0 Å². The minimum Gasteiger partial charge on any atom is -0.263 e. The fraction of sp³-hybridized carbons (Fsp3) is 0.375. The Bertz CT molecular complexity index is 793. The predicted molar refractivity (Wildman–Crippen MR) is 90.5 cm³/mol. The van der Waals surface area contributed by atoms with E-state index in [-0.39, 0.29) is 12.6 Å². The normalized spacial score (nSPS) is 19.1. The van der Waals surface area contributed by atoms with Crippen LogP contribution in [0.3, 0.4) is 0 Å². The van der Waals surface area contributed by atoms with Gasteiger partial charge in [-0.15, -0.1) is 11.3 Å². The first-order chi connectivity index (χ1) is 11.6. The summed E-state index contributed by atoms with van der Waals surface area (Å²) in [5, 5.41) is 6.66. The van der Waals surface area contributed by atoms with Gasteiger partial charge in [0.25, 0.3) is 0 Å². The fourth-order valence-corrected chi connectivity index (χ4v) is 4.73. The van der Waals surface area contributed by atoms with Crippen molar-refractivity contribution in [1.29, 1.82) is 0 Å². The van der Waals surface area contributed by atoms with E-state index in [4.69, 9.17) is 0 Å². The van der Waals surface area contributed by atoms with Crippen molar-refractivity contribution in [3.05, 3.63) is 27.9 Å². The summed E-state index contributed by atoms with van der Waals surface area (Å²) >= 11 is 3.06. The van der Waals surface area contributed by atoms with Crippen LogP contribution in [-0.4, -0.2) is 38.7 Å². The summed E-state index contributed by atoms with van der Waals surface area (Å²) in [7, 11) is 0. The number of carbonyl (C=O) groups excluding carboxylic acids is 3. The highest BCUT2D eigenvalue weighted by Gasteiger charge is 2.48. The van der Waals surface area contributed by atoms with Crippen LogP contribution in [0.1, 0.15) is 31.4 Å². The molecule has 0 radical (unpaired) electrons. The molecule has 6 nitrogen and oxygen atoms in total. The first-order valence-electron chi connectivity index (χ1n) is 7.81. The molecule has 8 heteroatoms. The summed E-state index contributed by atoms with van der Waals surface area (Å²) < 4.78 is 0. The lowest BCUT2D eigenvalue weighted by Gasteiger charge is -2.20. The molecule has 0 unspecified atom stereocenters. The number of thiazole rings is 1. The molecule has 0 N–H and O–H groups in total. The summed E-state index contributed by atoms with van der Waals surface area (Å²) in [6.07, 6.45) is 3.56. The van der Waals surface area contributed by atoms with Crippen LogP contribution in [0.25, 0.3) is 10.6 Å². The lowest BCUT2D eigenvalue weighted by molar-refractivity contribution is -0.144. The van der Waals surface area contributed by atoms with E-state index in [0.29, 0.717) is 5.69 Å². The van der Waals surface area contributed by atoms with Gasteiger partial charge in [0.05, 0.1) is 12.2 Å². The van der Waals surface area contributed by atoms with Crippen molar-refractivity contribution < 1.29 is 14.4 Å². The van der Waals surface area contributed by atoms with Gasteiger partial charge in [0.2, 0.25) is 0 Å². The molecule has 1 saturated heterocycles. The molecule has 2 fully saturated rings. The van der Waals surface area contributed by atoms with Crippen LogP contribution in [0.2, 0.25) is 0 Å². The van der Waals surface area contributed by atoms with E-state index in [9.17, 15) is 14.4 Å². The highest BCUT2D eigenvalue weighted by Crippen LogP contribution is 2.30. The number of thiophene rings is 1. The van der Waals surface area contributed by atoms with E-state index in [0.717, 1.165) is 46.1 Å². The molecule has 124 valence electrons. The number of aromatic nitrogens is 1. The number of hydrogen-bond donors (Lipinski definition) is 0. The van der Waals surface area contributed by atoms with E-state index in [1.54, 1.807) is 11.3 Å². The van der Waals surface area contributed by atoms with Gasteiger partial charge in [0.15, 0.2) is 0 Å². The lowest BCUT2D eigenvalue weighted by Crippen LogP contribution is -2.39. The minimum atomic E-state index is -0.739. The number of amides is 4. The Balaban J connectivity index is 1.53. The second-order valence-corrected chi connectivity index (χ2v) is 7.58. The molecular formula is C16H15N3O3S2. The van der Waals surface area contributed by atoms with Crippen molar-refractivity contribution in [2.75, 3.05) is 0 Å². The van der Waals surface area contributed by atoms with Crippen LogP contribution in [0, 0.1) is 0 Å². The molecule has 1 aliphatic heterocycles. The number of hydrogen-bond acceptors (Lipinski definition) is 6. The van der Waals surface area contributed by atoms with E-state index in [2.05, 4.69) is 4.98 Å². The average Bonchev–Trinajstić information content (AvgIpc) is 3.33. The molecule has 1 aliphatic carbocycles. The smallest absolute Gasteiger partial charge is 0.263 e. The minimum absolute atomic E-state index is 0.0489. The Kier molecular flexibility index (Phi) is 3.93. The second kappa shape index (κ2) is 6.10. The molecule has 4 amide bonds. The molecule has 0 aromatic carbocycles. The van der Waals surface area contributed by atoms with Crippen molar-refractivity contribution in [1.82, 2.24) is 14.8 Å². The Morgan fingerprint density at radius 3 is 2.62 bits per heavy atom. The maximum absolute atomic E-state index is 12.5. The summed E-state index contributed by atoms with van der Waals surface area (Å²) in [4.78, 5) is 43.6. The van der Waals surface area contributed by atoms with Crippen LogP contribution in [0.5, 0.6) is 0 Å². The number of urea groups is 1. The Morgan fingerprint density at radius 2 is 1.92 bits per heavy atom. The first-order valence-corrected chi connectivity index (χ1v) is 9.63.